The van der Waals surface area contributed by atoms with Crippen molar-refractivity contribution >= 4 is 44.3 Å². The van der Waals surface area contributed by atoms with E-state index in [4.69, 9.17) is 25.8 Å². The molecule has 0 spiro atoms. The summed E-state index contributed by atoms with van der Waals surface area (Å²) in [5.74, 6) is 1.77. The van der Waals surface area contributed by atoms with E-state index < -0.39 is 0 Å². The van der Waals surface area contributed by atoms with Gasteiger partial charge in [0, 0.05) is 10.9 Å². The third-order valence-corrected chi connectivity index (χ3v) is 6.17. The average molecular weight is 469 g/mol. The highest BCUT2D eigenvalue weighted by atomic mass is 35.5. The number of H-pyrrole nitrogens is 1. The van der Waals surface area contributed by atoms with Crippen LogP contribution in [0.15, 0.2) is 46.6 Å². The summed E-state index contributed by atoms with van der Waals surface area (Å²) < 4.78 is 16.1. The van der Waals surface area contributed by atoms with Gasteiger partial charge in [-0.05, 0) is 36.3 Å². The van der Waals surface area contributed by atoms with Crippen molar-refractivity contribution in [3.05, 3.63) is 69.1 Å². The Kier molecular flexibility index (Phi) is 6.21. The normalized spacial score (nSPS) is 11.6. The Bertz CT molecular complexity index is 1350. The minimum Gasteiger partial charge on any atom is -0.493 e. The van der Waals surface area contributed by atoms with Crippen LogP contribution in [0.1, 0.15) is 17.0 Å². The third-order valence-electron chi connectivity index (χ3n) is 5.01. The smallest absolute Gasteiger partial charge is 0.260 e. The molecule has 2 aromatic heterocycles. The molecule has 0 saturated carbocycles. The van der Waals surface area contributed by atoms with Crippen molar-refractivity contribution in [2.24, 2.45) is 0 Å². The minimum atomic E-state index is -0.238. The van der Waals surface area contributed by atoms with E-state index in [1.54, 1.807) is 39.5 Å². The first kappa shape index (κ1) is 21.9. The first-order valence-electron chi connectivity index (χ1n) is 9.71. The summed E-state index contributed by atoms with van der Waals surface area (Å²) in [7, 11) is 4.63. The van der Waals surface area contributed by atoms with Crippen molar-refractivity contribution in [3.63, 3.8) is 0 Å². The van der Waals surface area contributed by atoms with Gasteiger partial charge in [-0.3, -0.25) is 4.79 Å². The summed E-state index contributed by atoms with van der Waals surface area (Å²) >= 11 is 7.95. The largest absolute Gasteiger partial charge is 0.493 e. The molecule has 0 aliphatic carbocycles. The number of benzene rings is 2. The lowest BCUT2D eigenvalue weighted by atomic mass is 10.1. The molecular weight excluding hydrogens is 448 g/mol. The van der Waals surface area contributed by atoms with Crippen molar-refractivity contribution in [1.29, 1.82) is 0 Å². The molecule has 0 aliphatic rings. The van der Waals surface area contributed by atoms with Gasteiger partial charge in [-0.1, -0.05) is 41.4 Å². The third kappa shape index (κ3) is 4.09. The molecule has 0 saturated heterocycles. The van der Waals surface area contributed by atoms with E-state index in [-0.39, 0.29) is 16.4 Å². The van der Waals surface area contributed by atoms with E-state index in [0.29, 0.717) is 33.0 Å². The lowest BCUT2D eigenvalue weighted by Gasteiger charge is -2.13. The van der Waals surface area contributed by atoms with E-state index in [9.17, 15) is 4.79 Å². The number of hydrogen-bond acceptors (Lipinski definition) is 6. The molecule has 164 valence electrons. The average Bonchev–Trinajstić information content (AvgIpc) is 3.23. The van der Waals surface area contributed by atoms with Crippen molar-refractivity contribution in [2.75, 3.05) is 21.3 Å². The lowest BCUT2D eigenvalue weighted by molar-refractivity contribution is 0.324. The Morgan fingerprint density at radius 2 is 1.72 bits per heavy atom. The minimum absolute atomic E-state index is 0.238. The predicted octanol–water partition coefficient (Wildman–Crippen LogP) is 5.72. The van der Waals surface area contributed by atoms with E-state index in [1.165, 1.54) is 11.3 Å². The molecule has 8 heteroatoms. The number of hydrogen-bond donors (Lipinski definition) is 1. The monoisotopic (exact) mass is 468 g/mol. The number of thiophene rings is 1. The molecule has 0 atom stereocenters. The number of aromatic amines is 1. The molecule has 4 aromatic rings. The Balaban J connectivity index is 1.77. The van der Waals surface area contributed by atoms with Crippen LogP contribution in [0, 0.1) is 6.92 Å². The molecule has 0 bridgehead atoms. The molecule has 0 fully saturated rings. The summed E-state index contributed by atoms with van der Waals surface area (Å²) in [4.78, 5) is 21.0. The van der Waals surface area contributed by atoms with E-state index in [1.807, 2.05) is 36.6 Å². The van der Waals surface area contributed by atoms with Crippen LogP contribution in [0.5, 0.6) is 17.2 Å². The second-order valence-corrected chi connectivity index (χ2v) is 8.33. The van der Waals surface area contributed by atoms with Crippen LogP contribution in [0.3, 0.4) is 0 Å². The van der Waals surface area contributed by atoms with Gasteiger partial charge in [0.1, 0.15) is 4.83 Å². The van der Waals surface area contributed by atoms with Gasteiger partial charge in [-0.15, -0.1) is 11.3 Å². The van der Waals surface area contributed by atoms with Crippen LogP contribution >= 0.6 is 22.9 Å². The summed E-state index contributed by atoms with van der Waals surface area (Å²) in [5.41, 5.74) is 3.46. The molecule has 2 heterocycles. The zero-order chi connectivity index (χ0) is 22.8. The molecule has 32 heavy (non-hydrogen) atoms. The first-order chi connectivity index (χ1) is 15.4. The fraction of sp³-hybridized carbons (Fsp3) is 0.167. The topological polar surface area (TPSA) is 73.4 Å². The van der Waals surface area contributed by atoms with Crippen molar-refractivity contribution in [3.8, 4) is 28.4 Å². The molecule has 0 aliphatic heterocycles. The van der Waals surface area contributed by atoms with Crippen LogP contribution in [0.25, 0.3) is 32.5 Å². The summed E-state index contributed by atoms with van der Waals surface area (Å²) in [6.07, 6.45) is 1.69. The Hall–Kier alpha value is -3.29. The van der Waals surface area contributed by atoms with Gasteiger partial charge in [0.2, 0.25) is 5.75 Å². The van der Waals surface area contributed by atoms with Gasteiger partial charge >= 0.3 is 0 Å². The van der Waals surface area contributed by atoms with Crippen molar-refractivity contribution in [1.82, 2.24) is 9.97 Å². The number of aryl methyl sites for hydroxylation is 1. The number of methoxy groups -OCH3 is 3. The van der Waals surface area contributed by atoms with Crippen molar-refractivity contribution in [2.45, 2.75) is 6.92 Å². The zero-order valence-corrected chi connectivity index (χ0v) is 19.6. The molecule has 6 nitrogen and oxygen atoms in total. The second kappa shape index (κ2) is 9.06. The zero-order valence-electron chi connectivity index (χ0n) is 18.0. The van der Waals surface area contributed by atoms with E-state index >= 15 is 0 Å². The SMILES string of the molecule is COc1cc(/C=C(\Cl)c2nc3scc(-c4ccc(C)cc4)c3c(=O)[nH]2)cc(OC)c1OC. The van der Waals surface area contributed by atoms with Gasteiger partial charge in [-0.25, -0.2) is 4.98 Å². The fourth-order valence-corrected chi connectivity index (χ4v) is 4.57. The highest BCUT2D eigenvalue weighted by Gasteiger charge is 2.16. The first-order valence-corrected chi connectivity index (χ1v) is 11.0. The fourth-order valence-electron chi connectivity index (χ4n) is 3.41. The molecule has 2 aromatic carbocycles. The Morgan fingerprint density at radius 1 is 1.06 bits per heavy atom. The Morgan fingerprint density at radius 3 is 2.31 bits per heavy atom. The molecule has 4 rings (SSSR count). The van der Waals surface area contributed by atoms with Crippen LogP contribution < -0.4 is 19.8 Å². The Labute approximate surface area is 194 Å². The molecule has 0 radical (unpaired) electrons. The van der Waals surface area contributed by atoms with Gasteiger partial charge in [-0.2, -0.15) is 0 Å². The maximum atomic E-state index is 12.9. The predicted molar refractivity (Wildman–Crippen MR) is 130 cm³/mol. The van der Waals surface area contributed by atoms with E-state index in [2.05, 4.69) is 9.97 Å². The van der Waals surface area contributed by atoms with Crippen LogP contribution in [0.4, 0.5) is 0 Å². The quantitative estimate of drug-likeness (QED) is 0.391. The highest BCUT2D eigenvalue weighted by molar-refractivity contribution is 7.17. The van der Waals surface area contributed by atoms with Crippen molar-refractivity contribution < 1.29 is 14.2 Å². The van der Waals surface area contributed by atoms with Crippen LogP contribution in [0.2, 0.25) is 0 Å². The number of nitrogens with zero attached hydrogens (tertiary/aromatic N) is 1. The maximum Gasteiger partial charge on any atom is 0.260 e. The number of halogens is 1. The number of ether oxygens (including phenoxy) is 3. The van der Waals surface area contributed by atoms with Gasteiger partial charge in [0.25, 0.3) is 5.56 Å². The summed E-state index contributed by atoms with van der Waals surface area (Å²) in [6, 6.07) is 11.6. The lowest BCUT2D eigenvalue weighted by Crippen LogP contribution is -2.10. The van der Waals surface area contributed by atoms with E-state index in [0.717, 1.165) is 16.7 Å². The number of aromatic nitrogens is 2. The van der Waals surface area contributed by atoms with Crippen LogP contribution in [-0.2, 0) is 0 Å². The summed E-state index contributed by atoms with van der Waals surface area (Å²) in [6.45, 7) is 2.03. The van der Waals surface area contributed by atoms with Gasteiger partial charge in [0.05, 0.1) is 31.7 Å². The number of rotatable bonds is 6. The maximum absolute atomic E-state index is 12.9. The van der Waals surface area contributed by atoms with Gasteiger partial charge < -0.3 is 19.2 Å². The molecule has 0 unspecified atom stereocenters. The molecule has 0 amide bonds. The summed E-state index contributed by atoms with van der Waals surface area (Å²) in [5, 5.41) is 2.78. The van der Waals surface area contributed by atoms with Crippen LogP contribution in [-0.4, -0.2) is 31.3 Å². The number of fused-ring (bicyclic) bond motifs is 1. The molecular formula is C24H21ClN2O4S. The number of nitrogens with one attached hydrogen (secondary N) is 1. The molecule has 1 N–H and O–H groups in total. The standard InChI is InChI=1S/C24H21ClN2O4S/c1-13-5-7-15(8-6-13)16-12-32-24-20(16)23(28)26-22(27-24)17(25)9-14-10-18(29-2)21(31-4)19(11-14)30-3/h5-12H,1-4H3,(H,26,27,28)/b17-9-. The van der Waals surface area contributed by atoms with Gasteiger partial charge in [0.15, 0.2) is 17.3 Å². The highest BCUT2D eigenvalue weighted by Crippen LogP contribution is 2.39. The second-order valence-electron chi connectivity index (χ2n) is 7.06.